The fourth-order valence-corrected chi connectivity index (χ4v) is 13.6. The molecule has 3 atom stereocenters. The average molecular weight is 2060 g/mol. The Morgan fingerprint density at radius 3 is 0.904 bits per heavy atom. The van der Waals surface area contributed by atoms with Gasteiger partial charge in [-0.2, -0.15) is 0 Å². The van der Waals surface area contributed by atoms with Crippen LogP contribution in [0.1, 0.15) is 149 Å². The molecule has 5 heterocycles. The fourth-order valence-electron chi connectivity index (χ4n) is 13.6. The number of aromatic hydroxyl groups is 4. The first kappa shape index (κ1) is 111. The number of nitrogens with two attached hydrogens (primary N) is 4. The summed E-state index contributed by atoms with van der Waals surface area (Å²) in [6, 6.07) is 73.7. The maximum Gasteiger partial charge on any atom is 0.407 e. The van der Waals surface area contributed by atoms with Gasteiger partial charge in [-0.3, -0.25) is 14.4 Å². The highest BCUT2D eigenvalue weighted by molar-refractivity contribution is 9.69. The number of H-pyrrole nitrogens is 5. The molecule has 0 aliphatic heterocycles. The van der Waals surface area contributed by atoms with Crippen molar-refractivity contribution in [1.82, 2.24) is 46.2 Å². The van der Waals surface area contributed by atoms with E-state index >= 15 is 0 Å². The van der Waals surface area contributed by atoms with Crippen LogP contribution < -0.4 is 48.9 Å². The molecule has 0 saturated carbocycles. The minimum absolute atomic E-state index is 0. The van der Waals surface area contributed by atoms with Gasteiger partial charge in [0.1, 0.15) is 62.8 Å². The Kier molecular flexibility index (Phi) is 46.3. The number of aliphatic hydroxyl groups excluding tert-OH is 1. The van der Waals surface area contributed by atoms with Crippen molar-refractivity contribution in [1.29, 1.82) is 0 Å². The molecule has 15 aromatic rings. The van der Waals surface area contributed by atoms with Crippen molar-refractivity contribution >= 4 is 153 Å². The fraction of sp³-hybridized carbons (Fsp3) is 0.255. The maximum atomic E-state index is 12.6. The summed E-state index contributed by atoms with van der Waals surface area (Å²) in [5.41, 5.74) is 38.5. The molecule has 718 valence electrons. The van der Waals surface area contributed by atoms with Crippen LogP contribution in [-0.2, 0) is 4.74 Å². The molecule has 4 amide bonds. The van der Waals surface area contributed by atoms with Gasteiger partial charge in [0.05, 0.1) is 7.11 Å². The lowest BCUT2D eigenvalue weighted by Gasteiger charge is -2.20. The molecule has 0 aliphatic carbocycles. The third kappa shape index (κ3) is 35.8. The lowest BCUT2D eigenvalue weighted by atomic mass is 10.0. The number of phenolic OH excluding ortho intramolecular Hbond substituents is 4. The molecule has 135 heavy (non-hydrogen) atoms. The molecule has 0 unspecified atom stereocenters. The van der Waals surface area contributed by atoms with E-state index in [1.807, 2.05) is 203 Å². The van der Waals surface area contributed by atoms with Gasteiger partial charge in [0, 0.05) is 101 Å². The van der Waals surface area contributed by atoms with Crippen LogP contribution in [0.5, 0.6) is 28.7 Å². The van der Waals surface area contributed by atoms with Crippen molar-refractivity contribution in [2.45, 2.75) is 113 Å². The van der Waals surface area contributed by atoms with Crippen LogP contribution in [0.4, 0.5) is 4.79 Å². The standard InChI is InChI=1S/C26H33N3O4.2C20H24N4O2.C16H13NO3.C15H11NO3.C2H6.CH4O.2CH4.BBr3.ClH/c1-17(6-5-13-27-25(32)33-26(2,3)4)16-28-24(31)23-15-20-8-7-19(14-22(20)29-23)18-9-11-21(30)12-10-18;2*21-9-1-2-16(22)12-23-20(26)19-11-15-4-3-14(10-18(15)24-19)13-5-7-17(25)8-6-13;1-20-13-6-4-10(5-7-13)11-2-3-12-9-15(16(18)19)17-14(12)8-11;17-12-5-3-9(4-6-12)10-1-2-11-8-14(15(18)19)16-13(11)7-10;2*1-2;;;2-1(3)4;/h7-12,14-15,17,29-30H,5-6,13,16H2,1-4H3,(H,27,32)(H,28,31);2*3-8,10-11,16,24-25H,1-2,9,12,21-22H2,(H,23,26);2-9,17H,1H3,(H,18,19);1-8,16-17H,(H,18,19);1-2H3;2H,1H3;2*1H4;;1H/t17-;2*16-;;;;;;;;/m111......../s1/i;;;;;1D;;;;;. The minimum Gasteiger partial charge on any atom is -0.508 e. The predicted octanol–water partition coefficient (Wildman–Crippen LogP) is 21.1. The number of nitrogens with one attached hydrogen (secondary N) is 9. The van der Waals surface area contributed by atoms with E-state index in [0.29, 0.717) is 63.3 Å². The van der Waals surface area contributed by atoms with Crippen LogP contribution in [-0.4, -0.2) is 171 Å². The van der Waals surface area contributed by atoms with Gasteiger partial charge < -0.3 is 114 Å². The maximum absolute atomic E-state index is 12.6. The summed E-state index contributed by atoms with van der Waals surface area (Å²) in [6.07, 6.45) is 4.56. The smallest absolute Gasteiger partial charge is 0.407 e. The van der Waals surface area contributed by atoms with Crippen molar-refractivity contribution in [3.05, 3.63) is 271 Å². The Hall–Kier alpha value is -12.9. The normalized spacial score (nSPS) is 11.2. The lowest BCUT2D eigenvalue weighted by Crippen LogP contribution is -2.37. The number of ether oxygens (including phenoxy) is 2. The first-order valence-electron chi connectivity index (χ1n) is 43.2. The van der Waals surface area contributed by atoms with E-state index in [-0.39, 0.29) is 101 Å². The number of carboxylic acids is 2. The number of aromatic carboxylic acids is 2. The highest BCUT2D eigenvalue weighted by Crippen LogP contribution is 2.33. The van der Waals surface area contributed by atoms with E-state index in [0.717, 1.165) is 162 Å². The Morgan fingerprint density at radius 1 is 0.407 bits per heavy atom. The molecular weight excluding hydrogens is 1930 g/mol. The van der Waals surface area contributed by atoms with Crippen molar-refractivity contribution in [2.24, 2.45) is 28.9 Å². The highest BCUT2D eigenvalue weighted by atomic mass is 79.9. The molecule has 0 radical (unpaired) electrons. The third-order valence-corrected chi connectivity index (χ3v) is 20.3. The second-order valence-electron chi connectivity index (χ2n) is 31.4. The summed E-state index contributed by atoms with van der Waals surface area (Å²) >= 11 is 9.31. The second-order valence-corrected chi connectivity index (χ2v) is 37.8. The highest BCUT2D eigenvalue weighted by Gasteiger charge is 2.20. The zero-order chi connectivity index (χ0) is 96.8. The van der Waals surface area contributed by atoms with Crippen molar-refractivity contribution < 1.29 is 75.4 Å². The molecule has 15 rings (SSSR count). The van der Waals surface area contributed by atoms with Crippen molar-refractivity contribution in [3.63, 3.8) is 0 Å². The molecule has 0 fully saturated rings. The monoisotopic (exact) mass is 2050 g/mol. The van der Waals surface area contributed by atoms with E-state index in [1.165, 1.54) is 0 Å². The van der Waals surface area contributed by atoms with Crippen LogP contribution in [0, 0.1) is 5.92 Å². The summed E-state index contributed by atoms with van der Waals surface area (Å²) in [6.45, 7) is 13.0. The molecule has 0 aliphatic rings. The SMILES string of the molecule is BrB(Br)Br.C.C.CO.COc1ccc(-c2ccc3cc(C(=O)O)[nH]c3c2)cc1.C[C@H](CCCNC(=O)OC(C)(C)C)CNC(=O)c1cc2ccc(-c3ccc(O)cc3)cc2[nH]1.Cl.NCCC[C@@H](N)CNC(=O)c1cc2ccc(-c3ccc(O)cc3)cc2[nH]1.NCCC[C@@H](N)CNC(=O)c1cc2ccc(-c3ccc(O)cc3)cc2[nH]1.O=C(O)c1cc2ccc(-c3ccc(O)cc3)cc2[nH]1.[2H]CC. The first-order valence-corrected chi connectivity index (χ1v) is 45.3. The second kappa shape index (κ2) is 56.3. The van der Waals surface area contributed by atoms with Gasteiger partial charge >= 0.3 is 21.2 Å². The number of alkyl carbamates (subject to hydrolysis) is 1. The summed E-state index contributed by atoms with van der Waals surface area (Å²) in [4.78, 5) is 86.1. The Bertz CT molecular complexity index is 6100. The summed E-state index contributed by atoms with van der Waals surface area (Å²) in [5.74, 6) is -0.402. The summed E-state index contributed by atoms with van der Waals surface area (Å²) < 4.78 is 16.8. The number of rotatable bonds is 27. The Balaban J connectivity index is 0.000000295. The number of halogens is 4. The Labute approximate surface area is 819 Å². The predicted molar refractivity (Wildman–Crippen MR) is 561 cm³/mol. The van der Waals surface area contributed by atoms with E-state index < -0.39 is 23.6 Å². The van der Waals surface area contributed by atoms with Crippen LogP contribution >= 0.6 is 59.7 Å². The number of carboxylic acid groups (broad SMARTS) is 2. The quantitative estimate of drug-likeness (QED) is 0.0168. The van der Waals surface area contributed by atoms with Crippen LogP contribution in [0.3, 0.4) is 0 Å². The molecule has 33 heteroatoms. The summed E-state index contributed by atoms with van der Waals surface area (Å²) in [5, 5.41) is 78.6. The molecule has 24 N–H and O–H groups in total. The molecule has 5 aromatic heterocycles. The van der Waals surface area contributed by atoms with Crippen molar-refractivity contribution in [2.75, 3.05) is 53.5 Å². The summed E-state index contributed by atoms with van der Waals surface area (Å²) in [7, 11) is 2.63. The van der Waals surface area contributed by atoms with Crippen LogP contribution in [0.25, 0.3) is 110 Å². The topological polar surface area (TPSA) is 494 Å². The molecule has 10 aromatic carbocycles. The Morgan fingerprint density at radius 2 is 0.652 bits per heavy atom. The van der Waals surface area contributed by atoms with Gasteiger partial charge in [0.15, 0.2) is 0 Å². The molecule has 0 spiro atoms. The number of phenols is 4. The van der Waals surface area contributed by atoms with Crippen molar-refractivity contribution in [3.8, 4) is 84.4 Å². The molecule has 0 bridgehead atoms. The number of carbonyl (C=O) groups excluding carboxylic acids is 4. The molecule has 0 saturated heterocycles. The number of aromatic amines is 5. The van der Waals surface area contributed by atoms with Crippen LogP contribution in [0.2, 0.25) is 0 Å². The third-order valence-electron chi connectivity index (χ3n) is 20.3. The van der Waals surface area contributed by atoms with Gasteiger partial charge in [0.25, 0.3) is 17.7 Å². The zero-order valence-electron chi connectivity index (χ0n) is 75.8. The number of hydrogen-bond acceptors (Lipinski definition) is 17. The number of benzene rings is 10. The number of aromatic nitrogens is 5. The van der Waals surface area contributed by atoms with Gasteiger partial charge in [0.2, 0.25) is 0 Å². The minimum atomic E-state index is -0.970. The molecule has 28 nitrogen and oxygen atoms in total. The number of aliphatic hydroxyl groups is 1. The van der Waals surface area contributed by atoms with E-state index in [1.54, 1.807) is 74.7 Å². The number of hydrogen-bond donors (Lipinski definition) is 20. The van der Waals surface area contributed by atoms with Crippen LogP contribution in [0.15, 0.2) is 243 Å². The lowest BCUT2D eigenvalue weighted by molar-refractivity contribution is 0.0524. The average Bonchev–Trinajstić information content (AvgIpc) is 1.70. The van der Waals surface area contributed by atoms with Gasteiger partial charge in [-0.25, -0.2) is 14.4 Å². The number of amides is 4. The number of methoxy groups -OCH3 is 1. The first-order chi connectivity index (χ1) is 63.7. The van der Waals surface area contributed by atoms with E-state index in [2.05, 4.69) is 100 Å². The van der Waals surface area contributed by atoms with E-state index in [9.17, 15) is 49.2 Å². The van der Waals surface area contributed by atoms with Gasteiger partial charge in [-0.05, 0) is 255 Å². The van der Waals surface area contributed by atoms with E-state index in [4.69, 9.17) is 49.1 Å². The van der Waals surface area contributed by atoms with Gasteiger partial charge in [-0.15, -0.1) is 59.7 Å². The zero-order valence-corrected chi connectivity index (χ0v) is 80.4. The number of carbonyl (C=O) groups is 6. The largest absolute Gasteiger partial charge is 0.508 e. The number of fused-ring (bicyclic) bond motifs is 5. The van der Waals surface area contributed by atoms with Gasteiger partial charge in [-0.1, -0.05) is 157 Å². The molecular formula is C102H124BBr3ClN13O15.